The number of nitrogens with zero attached hydrogens (tertiary/aromatic N) is 1. The molecule has 0 bridgehead atoms. The van der Waals surface area contributed by atoms with Crippen LogP contribution in [-0.2, 0) is 19.1 Å². The van der Waals surface area contributed by atoms with E-state index in [9.17, 15) is 24.0 Å². The first-order valence-corrected chi connectivity index (χ1v) is 14.5. The molecule has 0 aliphatic rings. The Labute approximate surface area is 256 Å². The van der Waals surface area contributed by atoms with E-state index >= 15 is 0 Å². The molecule has 14 heteroatoms. The van der Waals surface area contributed by atoms with Gasteiger partial charge in [0.05, 0.1) is 0 Å². The van der Waals surface area contributed by atoms with Crippen LogP contribution in [0.4, 0.5) is 10.5 Å². The number of ether oxygens (including phenoxy) is 1. The van der Waals surface area contributed by atoms with Crippen molar-refractivity contribution in [3.8, 4) is 0 Å². The first-order valence-electron chi connectivity index (χ1n) is 14.5. The third-order valence-electron chi connectivity index (χ3n) is 6.26. The van der Waals surface area contributed by atoms with Crippen LogP contribution in [0.1, 0.15) is 66.4 Å². The van der Waals surface area contributed by atoms with E-state index in [-0.39, 0.29) is 24.8 Å². The fraction of sp³-hybridized carbons (Fsp3) is 0.533. The van der Waals surface area contributed by atoms with Crippen molar-refractivity contribution in [1.82, 2.24) is 16.0 Å². The molecule has 0 radical (unpaired) electrons. The molecule has 1 heterocycles. The number of aliphatic imine (C=N–C) groups is 1. The maximum atomic E-state index is 13.3. The van der Waals surface area contributed by atoms with Gasteiger partial charge in [0.1, 0.15) is 29.3 Å². The van der Waals surface area contributed by atoms with E-state index in [1.807, 2.05) is 13.8 Å². The number of amides is 4. The standard InChI is InChI=1S/C30H45N7O7/c1-16(2)13-22(37-29(42)44-30(5,6)7)27(41)34-18(4)25(39)36-21(9-8-12-33-28(31)32)26(40)35-19-10-11-20-17(3)14-24(38)43-23(20)15-19/h10-11,14-16,18,21-22H,8-9,12-13H2,1-7H3,(H,34,41)(H,35,40)(H,36,39)(H,37,42)(H4,31,32,33)/t18-,21-,22-/m0/s1. The second-order valence-corrected chi connectivity index (χ2v) is 12.0. The van der Waals surface area contributed by atoms with E-state index < -0.39 is 53.2 Å². The fourth-order valence-electron chi connectivity index (χ4n) is 4.23. The number of rotatable bonds is 13. The smallest absolute Gasteiger partial charge is 0.408 e. The molecule has 4 amide bonds. The number of aryl methyl sites for hydroxylation is 1. The third kappa shape index (κ3) is 11.9. The van der Waals surface area contributed by atoms with Gasteiger partial charge in [-0.1, -0.05) is 13.8 Å². The number of nitrogens with two attached hydrogens (primary N) is 2. The van der Waals surface area contributed by atoms with Crippen LogP contribution in [0.3, 0.4) is 0 Å². The lowest BCUT2D eigenvalue weighted by Crippen LogP contribution is -2.55. The Morgan fingerprint density at radius 1 is 0.955 bits per heavy atom. The first-order chi connectivity index (χ1) is 20.4. The molecule has 0 aliphatic carbocycles. The zero-order valence-electron chi connectivity index (χ0n) is 26.4. The molecular weight excluding hydrogens is 570 g/mol. The molecule has 0 aliphatic heterocycles. The summed E-state index contributed by atoms with van der Waals surface area (Å²) >= 11 is 0. The molecule has 0 saturated heterocycles. The fourth-order valence-corrected chi connectivity index (χ4v) is 4.23. The SMILES string of the molecule is Cc1cc(=O)oc2cc(NC(=O)[C@H](CCCN=C(N)N)NC(=O)[C@H](C)NC(=O)[C@H](CC(C)C)NC(=O)OC(C)(C)C)ccc12. The monoisotopic (exact) mass is 615 g/mol. The van der Waals surface area contributed by atoms with E-state index in [1.165, 1.54) is 19.1 Å². The van der Waals surface area contributed by atoms with Gasteiger partial charge < -0.3 is 41.9 Å². The molecule has 3 atom stereocenters. The van der Waals surface area contributed by atoms with Crippen LogP contribution in [0.2, 0.25) is 0 Å². The van der Waals surface area contributed by atoms with Crippen molar-refractivity contribution in [2.45, 2.75) is 91.5 Å². The van der Waals surface area contributed by atoms with Crippen LogP contribution in [0, 0.1) is 12.8 Å². The van der Waals surface area contributed by atoms with Crippen LogP contribution in [-0.4, -0.2) is 60.0 Å². The van der Waals surface area contributed by atoms with Crippen molar-refractivity contribution in [3.05, 3.63) is 40.2 Å². The summed E-state index contributed by atoms with van der Waals surface area (Å²) < 4.78 is 10.5. The predicted octanol–water partition coefficient (Wildman–Crippen LogP) is 2.02. The summed E-state index contributed by atoms with van der Waals surface area (Å²) in [6.45, 7) is 12.4. The van der Waals surface area contributed by atoms with Gasteiger partial charge >= 0.3 is 11.7 Å². The minimum Gasteiger partial charge on any atom is -0.444 e. The molecule has 8 N–H and O–H groups in total. The van der Waals surface area contributed by atoms with Gasteiger partial charge in [0, 0.05) is 29.8 Å². The predicted molar refractivity (Wildman–Crippen MR) is 168 cm³/mol. The van der Waals surface area contributed by atoms with Crippen LogP contribution in [0.15, 0.2) is 38.5 Å². The normalized spacial score (nSPS) is 13.4. The van der Waals surface area contributed by atoms with Crippen molar-refractivity contribution in [2.24, 2.45) is 22.4 Å². The van der Waals surface area contributed by atoms with E-state index in [0.717, 1.165) is 5.56 Å². The second-order valence-electron chi connectivity index (χ2n) is 12.0. The Hall–Kier alpha value is -4.62. The number of carbonyl (C=O) groups excluding carboxylic acids is 4. The Kier molecular flexibility index (Phi) is 12.7. The molecule has 242 valence electrons. The topological polar surface area (TPSA) is 220 Å². The number of anilines is 1. The highest BCUT2D eigenvalue weighted by atomic mass is 16.6. The molecule has 14 nitrogen and oxygen atoms in total. The van der Waals surface area contributed by atoms with Crippen molar-refractivity contribution >= 4 is 46.4 Å². The van der Waals surface area contributed by atoms with E-state index in [2.05, 4.69) is 26.3 Å². The van der Waals surface area contributed by atoms with E-state index in [1.54, 1.807) is 39.8 Å². The van der Waals surface area contributed by atoms with Gasteiger partial charge in [0.15, 0.2) is 5.96 Å². The summed E-state index contributed by atoms with van der Waals surface area (Å²) in [4.78, 5) is 67.6. The molecular formula is C30H45N7O7. The van der Waals surface area contributed by atoms with Crippen LogP contribution in [0.25, 0.3) is 11.0 Å². The summed E-state index contributed by atoms with van der Waals surface area (Å²) in [6, 6.07) is 3.24. The Balaban J connectivity index is 2.16. The molecule has 44 heavy (non-hydrogen) atoms. The lowest BCUT2D eigenvalue weighted by Gasteiger charge is -2.26. The molecule has 0 unspecified atom stereocenters. The zero-order valence-corrected chi connectivity index (χ0v) is 26.4. The second kappa shape index (κ2) is 15.7. The molecule has 0 saturated carbocycles. The number of alkyl carbamates (subject to hydrolysis) is 1. The zero-order chi connectivity index (χ0) is 33.2. The van der Waals surface area contributed by atoms with Crippen LogP contribution in [0.5, 0.6) is 0 Å². The van der Waals surface area contributed by atoms with Gasteiger partial charge in [-0.25, -0.2) is 9.59 Å². The van der Waals surface area contributed by atoms with Crippen molar-refractivity contribution in [2.75, 3.05) is 11.9 Å². The lowest BCUT2D eigenvalue weighted by atomic mass is 10.0. The number of fused-ring (bicyclic) bond motifs is 1. The molecule has 0 fully saturated rings. The number of benzene rings is 1. The summed E-state index contributed by atoms with van der Waals surface area (Å²) in [5.74, 6) is -1.79. The third-order valence-corrected chi connectivity index (χ3v) is 6.26. The molecule has 1 aromatic heterocycles. The highest BCUT2D eigenvalue weighted by Crippen LogP contribution is 2.21. The quantitative estimate of drug-likeness (QED) is 0.0838. The summed E-state index contributed by atoms with van der Waals surface area (Å²) in [5.41, 5.74) is 10.9. The van der Waals surface area contributed by atoms with Gasteiger partial charge in [0.25, 0.3) is 0 Å². The number of hydrogen-bond donors (Lipinski definition) is 6. The van der Waals surface area contributed by atoms with Crippen molar-refractivity contribution < 1.29 is 28.3 Å². The Morgan fingerprint density at radius 2 is 1.64 bits per heavy atom. The molecule has 1 aromatic carbocycles. The lowest BCUT2D eigenvalue weighted by molar-refractivity contribution is -0.131. The minimum atomic E-state index is -1.05. The number of carbonyl (C=O) groups is 4. The highest BCUT2D eigenvalue weighted by Gasteiger charge is 2.29. The van der Waals surface area contributed by atoms with Gasteiger partial charge in [-0.2, -0.15) is 0 Å². The Morgan fingerprint density at radius 3 is 2.25 bits per heavy atom. The molecule has 0 spiro atoms. The maximum Gasteiger partial charge on any atom is 0.408 e. The largest absolute Gasteiger partial charge is 0.444 e. The van der Waals surface area contributed by atoms with E-state index in [0.29, 0.717) is 29.5 Å². The van der Waals surface area contributed by atoms with Gasteiger partial charge in [-0.05, 0) is 77.5 Å². The van der Waals surface area contributed by atoms with E-state index in [4.69, 9.17) is 20.6 Å². The summed E-state index contributed by atoms with van der Waals surface area (Å²) in [7, 11) is 0. The Bertz CT molecular complexity index is 1430. The maximum absolute atomic E-state index is 13.3. The first kappa shape index (κ1) is 35.6. The molecule has 2 aromatic rings. The average molecular weight is 616 g/mol. The number of guanidine groups is 1. The van der Waals surface area contributed by atoms with Crippen LogP contribution >= 0.6 is 0 Å². The van der Waals surface area contributed by atoms with Gasteiger partial charge in [0.2, 0.25) is 17.7 Å². The van der Waals surface area contributed by atoms with Crippen molar-refractivity contribution in [3.63, 3.8) is 0 Å². The summed E-state index contributed by atoms with van der Waals surface area (Å²) in [6.07, 6.45) is 0.0863. The number of nitrogens with one attached hydrogen (secondary N) is 4. The van der Waals surface area contributed by atoms with Gasteiger partial charge in [-0.3, -0.25) is 19.4 Å². The summed E-state index contributed by atoms with van der Waals surface area (Å²) in [5, 5.41) is 11.3. The number of hydrogen-bond acceptors (Lipinski definition) is 8. The minimum absolute atomic E-state index is 0.0511. The average Bonchev–Trinajstić information content (AvgIpc) is 2.87. The van der Waals surface area contributed by atoms with Crippen LogP contribution < -0.4 is 38.4 Å². The van der Waals surface area contributed by atoms with Gasteiger partial charge in [-0.15, -0.1) is 0 Å². The molecule has 2 rings (SSSR count). The highest BCUT2D eigenvalue weighted by molar-refractivity contribution is 5.99. The van der Waals surface area contributed by atoms with Crippen molar-refractivity contribution in [1.29, 1.82) is 0 Å².